The van der Waals surface area contributed by atoms with E-state index in [0.29, 0.717) is 4.88 Å². The Morgan fingerprint density at radius 2 is 1.96 bits per heavy atom. The minimum absolute atomic E-state index is 0.117. The van der Waals surface area contributed by atoms with Gasteiger partial charge in [-0.05, 0) is 30.3 Å². The van der Waals surface area contributed by atoms with Crippen molar-refractivity contribution in [2.45, 2.75) is 17.7 Å². The van der Waals surface area contributed by atoms with Crippen LogP contribution in [0.4, 0.5) is 5.69 Å². The van der Waals surface area contributed by atoms with Crippen molar-refractivity contribution in [2.24, 2.45) is 0 Å². The molecule has 0 bridgehead atoms. The van der Waals surface area contributed by atoms with Crippen molar-refractivity contribution in [3.05, 3.63) is 46.8 Å². The summed E-state index contributed by atoms with van der Waals surface area (Å²) in [6.07, 6.45) is 0. The Morgan fingerprint density at radius 3 is 2.62 bits per heavy atom. The molecule has 1 amide bonds. The van der Waals surface area contributed by atoms with Crippen molar-refractivity contribution in [3.63, 3.8) is 0 Å². The molecule has 24 heavy (non-hydrogen) atoms. The minimum atomic E-state index is -3.78. The van der Waals surface area contributed by atoms with Crippen LogP contribution in [0.3, 0.4) is 0 Å². The van der Waals surface area contributed by atoms with Crippen LogP contribution in [0, 0.1) is 0 Å². The molecule has 0 aliphatic rings. The van der Waals surface area contributed by atoms with Gasteiger partial charge in [0.1, 0.15) is 4.21 Å². The van der Waals surface area contributed by atoms with Crippen LogP contribution in [0.2, 0.25) is 0 Å². The largest absolute Gasteiger partial charge is 0.465 e. The number of rotatable bonds is 6. The van der Waals surface area contributed by atoms with Gasteiger partial charge in [-0.25, -0.2) is 13.2 Å². The van der Waals surface area contributed by atoms with Crippen LogP contribution in [0.5, 0.6) is 0 Å². The molecule has 0 fully saturated rings. The average molecular weight is 368 g/mol. The lowest BCUT2D eigenvalue weighted by Crippen LogP contribution is -2.18. The third kappa shape index (κ3) is 4.56. The molecule has 0 spiro atoms. The van der Waals surface area contributed by atoms with Crippen LogP contribution in [0.15, 0.2) is 40.6 Å². The first-order valence-corrected chi connectivity index (χ1v) is 9.16. The lowest BCUT2D eigenvalue weighted by atomic mass is 10.2. The van der Waals surface area contributed by atoms with Crippen LogP contribution in [0.1, 0.15) is 22.2 Å². The summed E-state index contributed by atoms with van der Waals surface area (Å²) in [5.74, 6) is -0.740. The molecule has 0 radical (unpaired) electrons. The third-order valence-electron chi connectivity index (χ3n) is 2.95. The Morgan fingerprint density at radius 1 is 1.21 bits per heavy atom. The number of sulfonamides is 1. The van der Waals surface area contributed by atoms with Gasteiger partial charge in [-0.15, -0.1) is 11.3 Å². The van der Waals surface area contributed by atoms with Gasteiger partial charge in [0.05, 0.1) is 19.2 Å². The lowest BCUT2D eigenvalue weighted by molar-refractivity contribution is -0.119. The van der Waals surface area contributed by atoms with Crippen LogP contribution in [0.25, 0.3) is 0 Å². The van der Waals surface area contributed by atoms with Crippen LogP contribution < -0.4 is 10.0 Å². The summed E-state index contributed by atoms with van der Waals surface area (Å²) in [6.45, 7) is 1.66. The van der Waals surface area contributed by atoms with E-state index in [-0.39, 0.29) is 27.9 Å². The fourth-order valence-electron chi connectivity index (χ4n) is 1.84. The minimum Gasteiger partial charge on any atom is -0.465 e. The summed E-state index contributed by atoms with van der Waals surface area (Å²) in [5, 5.41) is 2.61. The molecule has 2 rings (SSSR count). The number of methoxy groups -OCH3 is 1. The Balaban J connectivity index is 2.16. The Bertz CT molecular complexity index is 858. The predicted molar refractivity (Wildman–Crippen MR) is 90.4 cm³/mol. The lowest BCUT2D eigenvalue weighted by Gasteiger charge is -2.07. The average Bonchev–Trinajstić information content (AvgIpc) is 3.02. The monoisotopic (exact) mass is 368 g/mol. The van der Waals surface area contributed by atoms with Gasteiger partial charge >= 0.3 is 5.97 Å². The zero-order valence-corrected chi connectivity index (χ0v) is 14.7. The van der Waals surface area contributed by atoms with Crippen molar-refractivity contribution >= 4 is 38.9 Å². The van der Waals surface area contributed by atoms with Crippen molar-refractivity contribution in [3.8, 4) is 0 Å². The van der Waals surface area contributed by atoms with E-state index < -0.39 is 16.0 Å². The summed E-state index contributed by atoms with van der Waals surface area (Å²) in [6, 6.07) is 9.13. The van der Waals surface area contributed by atoms with Gasteiger partial charge < -0.3 is 10.1 Å². The fraction of sp³-hybridized carbons (Fsp3) is 0.200. The molecule has 1 aromatic carbocycles. The third-order valence-corrected chi connectivity index (χ3v) is 5.91. The smallest absolute Gasteiger partial charge is 0.337 e. The Hall–Kier alpha value is -2.39. The molecule has 1 heterocycles. The Labute approximate surface area is 143 Å². The second kappa shape index (κ2) is 7.45. The summed E-state index contributed by atoms with van der Waals surface area (Å²) in [5.41, 5.74) is 0.505. The van der Waals surface area contributed by atoms with E-state index in [1.54, 1.807) is 12.1 Å². The number of anilines is 1. The van der Waals surface area contributed by atoms with E-state index in [0.717, 1.165) is 11.3 Å². The number of hydrogen-bond donors (Lipinski definition) is 2. The molecule has 0 saturated heterocycles. The highest BCUT2D eigenvalue weighted by Gasteiger charge is 2.18. The topological polar surface area (TPSA) is 102 Å². The molecule has 1 aromatic heterocycles. The number of amides is 1. The van der Waals surface area contributed by atoms with Gasteiger partial charge in [0.15, 0.2) is 0 Å². The van der Waals surface area contributed by atoms with Gasteiger partial charge in [-0.3, -0.25) is 9.52 Å². The predicted octanol–water partition coefficient (Wildman–Crippen LogP) is 1.97. The first-order chi connectivity index (χ1) is 11.3. The molecular weight excluding hydrogens is 352 g/mol. The number of benzene rings is 1. The maximum absolute atomic E-state index is 12.4. The van der Waals surface area contributed by atoms with E-state index in [9.17, 15) is 18.0 Å². The summed E-state index contributed by atoms with van der Waals surface area (Å²) in [7, 11) is -2.53. The van der Waals surface area contributed by atoms with Crippen molar-refractivity contribution in [1.29, 1.82) is 0 Å². The molecule has 128 valence electrons. The van der Waals surface area contributed by atoms with Gasteiger partial charge in [-0.1, -0.05) is 6.07 Å². The highest BCUT2D eigenvalue weighted by Crippen LogP contribution is 2.24. The molecule has 2 N–H and O–H groups in total. The second-order valence-electron chi connectivity index (χ2n) is 4.81. The first kappa shape index (κ1) is 18.0. The van der Waals surface area contributed by atoms with E-state index >= 15 is 0 Å². The molecule has 0 aliphatic heterocycles. The van der Waals surface area contributed by atoms with Crippen LogP contribution >= 0.6 is 11.3 Å². The van der Waals surface area contributed by atoms with E-state index in [1.807, 2.05) is 0 Å². The summed E-state index contributed by atoms with van der Waals surface area (Å²) < 4.78 is 31.9. The van der Waals surface area contributed by atoms with Gasteiger partial charge in [0.2, 0.25) is 5.91 Å². The molecule has 9 heteroatoms. The van der Waals surface area contributed by atoms with Gasteiger partial charge in [-0.2, -0.15) is 0 Å². The zero-order valence-electron chi connectivity index (χ0n) is 13.0. The molecule has 2 aromatic rings. The standard InChI is InChI=1S/C15H16N2O5S2/c1-10(18)16-9-13-6-7-14(23-13)24(20,21)17-12-5-3-4-11(8-12)15(19)22-2/h3-8,17H,9H2,1-2H3,(H,16,18). The molecule has 0 saturated carbocycles. The first-order valence-electron chi connectivity index (χ1n) is 6.86. The van der Waals surface area contributed by atoms with Crippen molar-refractivity contribution in [2.75, 3.05) is 11.8 Å². The van der Waals surface area contributed by atoms with Crippen molar-refractivity contribution < 1.29 is 22.7 Å². The number of esters is 1. The number of carbonyl (C=O) groups excluding carboxylic acids is 2. The van der Waals surface area contributed by atoms with Crippen LogP contribution in [-0.2, 0) is 26.1 Å². The normalized spacial score (nSPS) is 10.9. The maximum Gasteiger partial charge on any atom is 0.337 e. The van der Waals surface area contributed by atoms with Gasteiger partial charge in [0, 0.05) is 17.5 Å². The van der Waals surface area contributed by atoms with Crippen molar-refractivity contribution in [1.82, 2.24) is 5.32 Å². The summed E-state index contributed by atoms with van der Waals surface area (Å²) in [4.78, 5) is 23.1. The SMILES string of the molecule is COC(=O)c1cccc(NS(=O)(=O)c2ccc(CNC(C)=O)s2)c1. The Kier molecular flexibility index (Phi) is 5.58. The maximum atomic E-state index is 12.4. The highest BCUT2D eigenvalue weighted by atomic mass is 32.2. The van der Waals surface area contributed by atoms with E-state index in [1.165, 1.54) is 38.3 Å². The second-order valence-corrected chi connectivity index (χ2v) is 7.89. The molecule has 0 aliphatic carbocycles. The number of thiophene rings is 1. The number of hydrogen-bond acceptors (Lipinski definition) is 6. The number of carbonyl (C=O) groups is 2. The summed E-state index contributed by atoms with van der Waals surface area (Å²) >= 11 is 1.06. The fourth-order valence-corrected chi connectivity index (χ4v) is 4.19. The molecule has 7 nitrogen and oxygen atoms in total. The van der Waals surface area contributed by atoms with E-state index in [4.69, 9.17) is 0 Å². The van der Waals surface area contributed by atoms with E-state index in [2.05, 4.69) is 14.8 Å². The molecule has 0 unspecified atom stereocenters. The van der Waals surface area contributed by atoms with Gasteiger partial charge in [0.25, 0.3) is 10.0 Å². The quantitative estimate of drug-likeness (QED) is 0.759. The zero-order chi connectivity index (χ0) is 17.7. The molecular formula is C15H16N2O5S2. The molecule has 0 atom stereocenters. The highest BCUT2D eigenvalue weighted by molar-refractivity contribution is 7.94. The number of nitrogens with one attached hydrogen (secondary N) is 2. The van der Waals surface area contributed by atoms with Crippen LogP contribution in [-0.4, -0.2) is 27.4 Å². The number of ether oxygens (including phenoxy) is 1.